The van der Waals surface area contributed by atoms with E-state index >= 15 is 4.39 Å². The first-order valence-electron chi connectivity index (χ1n) is 11.1. The van der Waals surface area contributed by atoms with E-state index in [1.54, 1.807) is 25.1 Å². The Morgan fingerprint density at radius 1 is 1.09 bits per heavy atom. The van der Waals surface area contributed by atoms with Crippen LogP contribution in [0.5, 0.6) is 11.8 Å². The van der Waals surface area contributed by atoms with Gasteiger partial charge in [0, 0.05) is 23.7 Å². The summed E-state index contributed by atoms with van der Waals surface area (Å²) in [6.07, 6.45) is 2.97. The van der Waals surface area contributed by atoms with Crippen molar-refractivity contribution in [2.75, 3.05) is 0 Å². The van der Waals surface area contributed by atoms with Crippen LogP contribution >= 0.6 is 0 Å². The largest absolute Gasteiger partial charge is 0.478 e. The van der Waals surface area contributed by atoms with Gasteiger partial charge in [0.1, 0.15) is 11.6 Å². The Kier molecular flexibility index (Phi) is 5.32. The normalized spacial score (nSPS) is 11.4. The highest BCUT2D eigenvalue weighted by atomic mass is 19.1. The summed E-state index contributed by atoms with van der Waals surface area (Å²) in [4.78, 5) is 19.0. The van der Waals surface area contributed by atoms with Crippen molar-refractivity contribution in [3.8, 4) is 22.9 Å². The van der Waals surface area contributed by atoms with Crippen molar-refractivity contribution in [3.05, 3.63) is 77.2 Å². The number of imidazole rings is 1. The fourth-order valence-corrected chi connectivity index (χ4v) is 4.34. The molecular weight excluding hydrogens is 433 g/mol. The number of ether oxygens (including phenoxy) is 1. The van der Waals surface area contributed by atoms with Gasteiger partial charge in [-0.3, -0.25) is 0 Å². The Hall–Kier alpha value is -4.13. The molecule has 0 saturated heterocycles. The Morgan fingerprint density at radius 3 is 2.68 bits per heavy atom. The first kappa shape index (κ1) is 21.7. The molecular formula is C27H24FN3O3. The van der Waals surface area contributed by atoms with E-state index in [0.29, 0.717) is 22.4 Å². The van der Waals surface area contributed by atoms with Crippen LogP contribution < -0.4 is 4.74 Å². The number of nitrogens with zero attached hydrogens (tertiary/aromatic N) is 2. The molecule has 0 aliphatic carbocycles. The minimum atomic E-state index is -1.02. The van der Waals surface area contributed by atoms with E-state index in [9.17, 15) is 9.90 Å². The van der Waals surface area contributed by atoms with E-state index in [1.807, 2.05) is 37.4 Å². The second kappa shape index (κ2) is 8.33. The Morgan fingerprint density at radius 2 is 1.91 bits per heavy atom. The molecule has 0 radical (unpaired) electrons. The number of rotatable bonds is 6. The molecule has 0 saturated carbocycles. The lowest BCUT2D eigenvalue weighted by molar-refractivity contribution is 0.0695. The van der Waals surface area contributed by atoms with Crippen LogP contribution in [0.25, 0.3) is 33.1 Å². The number of carboxylic acid groups (broad SMARTS) is 1. The maximum atomic E-state index is 15.2. The highest BCUT2D eigenvalue weighted by molar-refractivity contribution is 5.91. The minimum absolute atomic E-state index is 0.172. The number of nitrogens with one attached hydrogen (secondary N) is 1. The number of hydrogen-bond donors (Lipinski definition) is 2. The van der Waals surface area contributed by atoms with Gasteiger partial charge in [-0.25, -0.2) is 9.18 Å². The van der Waals surface area contributed by atoms with Crippen LogP contribution in [0.2, 0.25) is 0 Å². The molecule has 0 amide bonds. The summed E-state index contributed by atoms with van der Waals surface area (Å²) >= 11 is 0. The zero-order valence-corrected chi connectivity index (χ0v) is 19.1. The van der Waals surface area contributed by atoms with Crippen LogP contribution in [0, 0.1) is 19.7 Å². The molecule has 2 heterocycles. The summed E-state index contributed by atoms with van der Waals surface area (Å²) in [5.74, 6) is -0.928. The quantitative estimate of drug-likeness (QED) is 0.292. The molecule has 5 aromatic rings. The second-order valence-corrected chi connectivity index (χ2v) is 8.51. The van der Waals surface area contributed by atoms with Gasteiger partial charge in [0.15, 0.2) is 0 Å². The molecule has 34 heavy (non-hydrogen) atoms. The summed E-state index contributed by atoms with van der Waals surface area (Å²) in [5.41, 5.74) is 5.27. The van der Waals surface area contributed by atoms with E-state index in [1.165, 1.54) is 6.07 Å². The lowest BCUT2D eigenvalue weighted by Crippen LogP contribution is -2.00. The number of carbonyl (C=O) groups is 1. The highest BCUT2D eigenvalue weighted by Gasteiger charge is 2.15. The van der Waals surface area contributed by atoms with E-state index in [-0.39, 0.29) is 17.4 Å². The van der Waals surface area contributed by atoms with Gasteiger partial charge in [0.05, 0.1) is 22.1 Å². The van der Waals surface area contributed by atoms with Gasteiger partial charge in [-0.1, -0.05) is 13.0 Å². The summed E-state index contributed by atoms with van der Waals surface area (Å²) in [6, 6.07) is 14.3. The van der Waals surface area contributed by atoms with Crippen LogP contribution in [0.3, 0.4) is 0 Å². The van der Waals surface area contributed by atoms with Crippen molar-refractivity contribution in [1.82, 2.24) is 14.5 Å². The third-order valence-electron chi connectivity index (χ3n) is 6.07. The molecule has 172 valence electrons. The number of carboxylic acids is 1. The predicted octanol–water partition coefficient (Wildman–Crippen LogP) is 6.84. The lowest BCUT2D eigenvalue weighted by atomic mass is 9.98. The highest BCUT2D eigenvalue weighted by Crippen LogP contribution is 2.34. The summed E-state index contributed by atoms with van der Waals surface area (Å²) in [7, 11) is 0. The molecule has 0 spiro atoms. The first-order chi connectivity index (χ1) is 16.3. The Balaban J connectivity index is 1.52. The van der Waals surface area contributed by atoms with Gasteiger partial charge in [-0.2, -0.15) is 4.98 Å². The van der Waals surface area contributed by atoms with E-state index in [2.05, 4.69) is 21.5 Å². The van der Waals surface area contributed by atoms with Crippen molar-refractivity contribution in [2.45, 2.75) is 33.7 Å². The number of aromatic carboxylic acids is 1. The van der Waals surface area contributed by atoms with Crippen molar-refractivity contribution in [2.24, 2.45) is 0 Å². The molecule has 2 N–H and O–H groups in total. The fourth-order valence-electron chi connectivity index (χ4n) is 4.34. The van der Waals surface area contributed by atoms with Gasteiger partial charge < -0.3 is 19.4 Å². The first-order valence-corrected chi connectivity index (χ1v) is 11.1. The van der Waals surface area contributed by atoms with E-state index < -0.39 is 5.97 Å². The fraction of sp³-hybridized carbons (Fsp3) is 0.185. The molecule has 7 heteroatoms. The van der Waals surface area contributed by atoms with Crippen LogP contribution in [0.15, 0.2) is 54.7 Å². The number of halogens is 1. The third-order valence-corrected chi connectivity index (χ3v) is 6.07. The Labute approximate surface area is 195 Å². The Bertz CT molecular complexity index is 1560. The van der Waals surface area contributed by atoms with Crippen LogP contribution in [-0.2, 0) is 6.54 Å². The summed E-state index contributed by atoms with van der Waals surface area (Å²) in [5, 5.41) is 10.3. The zero-order valence-electron chi connectivity index (χ0n) is 19.1. The topological polar surface area (TPSA) is 80.1 Å². The summed E-state index contributed by atoms with van der Waals surface area (Å²) in [6.45, 7) is 6.61. The van der Waals surface area contributed by atoms with Crippen molar-refractivity contribution in [1.29, 1.82) is 0 Å². The summed E-state index contributed by atoms with van der Waals surface area (Å²) < 4.78 is 23.1. The minimum Gasteiger partial charge on any atom is -0.478 e. The number of benzene rings is 3. The van der Waals surface area contributed by atoms with Gasteiger partial charge in [0.2, 0.25) is 0 Å². The number of aryl methyl sites for hydroxylation is 3. The molecule has 5 rings (SSSR count). The standard InChI is InChI=1S/C27H24FN3O3/c1-4-8-31-9-7-17-11-21(22(28)14-25(17)31)19-13-24-23(10-16(19)3)29-27(30-24)34-18-6-5-15(2)20(12-18)26(32)33/h5-7,9-14H,4,8H2,1-3H3,(H,29,30)(H,32,33). The predicted molar refractivity (Wildman–Crippen MR) is 130 cm³/mol. The van der Waals surface area contributed by atoms with Gasteiger partial charge >= 0.3 is 5.97 Å². The maximum absolute atomic E-state index is 15.2. The third kappa shape index (κ3) is 3.79. The SMILES string of the molecule is CCCn1ccc2cc(-c3cc4nc(Oc5ccc(C)c(C(=O)O)c5)[nH]c4cc3C)c(F)cc21. The van der Waals surface area contributed by atoms with Gasteiger partial charge in [-0.05, 0) is 79.4 Å². The molecule has 0 fully saturated rings. The number of hydrogen-bond acceptors (Lipinski definition) is 3. The number of aromatic amines is 1. The average Bonchev–Trinajstić information content (AvgIpc) is 3.36. The molecule has 0 aliphatic heterocycles. The van der Waals surface area contributed by atoms with E-state index in [4.69, 9.17) is 4.74 Å². The monoisotopic (exact) mass is 457 g/mol. The zero-order chi connectivity index (χ0) is 24.0. The van der Waals surface area contributed by atoms with E-state index in [0.717, 1.165) is 40.5 Å². The second-order valence-electron chi connectivity index (χ2n) is 8.51. The number of H-pyrrole nitrogens is 1. The molecule has 0 atom stereocenters. The molecule has 2 aromatic heterocycles. The maximum Gasteiger partial charge on any atom is 0.336 e. The van der Waals surface area contributed by atoms with Crippen LogP contribution in [-0.4, -0.2) is 25.6 Å². The van der Waals surface area contributed by atoms with Crippen molar-refractivity contribution < 1.29 is 19.0 Å². The van der Waals surface area contributed by atoms with Gasteiger partial charge in [-0.15, -0.1) is 0 Å². The molecule has 3 aromatic carbocycles. The van der Waals surface area contributed by atoms with Crippen LogP contribution in [0.1, 0.15) is 34.8 Å². The van der Waals surface area contributed by atoms with Crippen LogP contribution in [0.4, 0.5) is 4.39 Å². The molecule has 0 aliphatic rings. The van der Waals surface area contributed by atoms with Gasteiger partial charge in [0.25, 0.3) is 6.01 Å². The van der Waals surface area contributed by atoms with Crippen molar-refractivity contribution in [3.63, 3.8) is 0 Å². The molecule has 6 nitrogen and oxygen atoms in total. The van der Waals surface area contributed by atoms with Crippen molar-refractivity contribution >= 4 is 27.9 Å². The number of fused-ring (bicyclic) bond motifs is 2. The number of aromatic nitrogens is 3. The lowest BCUT2D eigenvalue weighted by Gasteiger charge is -2.09. The smallest absolute Gasteiger partial charge is 0.336 e. The molecule has 0 bridgehead atoms. The molecule has 0 unspecified atom stereocenters. The average molecular weight is 458 g/mol.